The molecular formula is C25H32FN5O3S. The molecule has 0 aliphatic carbocycles. The number of methoxy groups -OCH3 is 1. The first kappa shape index (κ1) is 26.7. The monoisotopic (exact) mass is 501 g/mol. The number of carbonyl (C=O) groups excluding carboxylic acids is 2. The normalized spacial score (nSPS) is 17.9. The third-order valence-electron chi connectivity index (χ3n) is 6.28. The van der Waals surface area contributed by atoms with Crippen LogP contribution >= 0.6 is 11.8 Å². The number of hydrogen-bond acceptors (Lipinski definition) is 6. The van der Waals surface area contributed by atoms with E-state index in [0.717, 1.165) is 5.56 Å². The highest BCUT2D eigenvalue weighted by molar-refractivity contribution is 7.98. The van der Waals surface area contributed by atoms with Crippen LogP contribution in [0.1, 0.15) is 54.7 Å². The number of halogens is 1. The fraction of sp³-hybridized carbons (Fsp3) is 0.520. The Kier molecular flexibility index (Phi) is 8.23. The second-order valence-corrected chi connectivity index (χ2v) is 10.6. The van der Waals surface area contributed by atoms with Gasteiger partial charge in [-0.05, 0) is 44.9 Å². The van der Waals surface area contributed by atoms with Gasteiger partial charge in [0.2, 0.25) is 0 Å². The molecule has 0 bridgehead atoms. The molecule has 8 nitrogen and oxygen atoms in total. The Morgan fingerprint density at radius 3 is 2.54 bits per heavy atom. The van der Waals surface area contributed by atoms with Crippen molar-refractivity contribution >= 4 is 23.7 Å². The summed E-state index contributed by atoms with van der Waals surface area (Å²) in [6.07, 6.45) is 0.643. The number of nitriles is 1. The van der Waals surface area contributed by atoms with Crippen LogP contribution in [0.2, 0.25) is 0 Å². The number of amides is 2. The van der Waals surface area contributed by atoms with Crippen molar-refractivity contribution in [2.24, 2.45) is 5.41 Å². The van der Waals surface area contributed by atoms with Crippen LogP contribution in [0, 0.1) is 22.6 Å². The van der Waals surface area contributed by atoms with Crippen LogP contribution in [0.3, 0.4) is 0 Å². The second kappa shape index (κ2) is 10.8. The molecule has 0 N–H and O–H groups in total. The third kappa shape index (κ3) is 5.52. The third-order valence-corrected chi connectivity index (χ3v) is 7.41. The second-order valence-electron chi connectivity index (χ2n) is 9.63. The molecule has 0 spiro atoms. The molecule has 0 saturated carbocycles. The van der Waals surface area contributed by atoms with E-state index in [1.165, 1.54) is 40.6 Å². The van der Waals surface area contributed by atoms with Gasteiger partial charge in [-0.3, -0.25) is 4.79 Å². The number of ether oxygens (including phenoxy) is 1. The minimum Gasteiger partial charge on any atom is -0.384 e. The van der Waals surface area contributed by atoms with E-state index in [9.17, 15) is 19.2 Å². The first-order chi connectivity index (χ1) is 16.5. The van der Waals surface area contributed by atoms with E-state index in [4.69, 9.17) is 4.74 Å². The smallest absolute Gasteiger partial charge is 0.319 e. The lowest BCUT2D eigenvalue weighted by molar-refractivity contribution is 0.0514. The minimum atomic E-state index is -0.871. The first-order valence-electron chi connectivity index (χ1n) is 11.4. The van der Waals surface area contributed by atoms with Crippen LogP contribution in [0.25, 0.3) is 0 Å². The van der Waals surface area contributed by atoms with Crippen LogP contribution in [0.15, 0.2) is 29.3 Å². The summed E-state index contributed by atoms with van der Waals surface area (Å²) < 4.78 is 19.9. The molecule has 188 valence electrons. The molecule has 2 aromatic rings. The van der Waals surface area contributed by atoms with Gasteiger partial charge in [-0.15, -0.1) is 11.8 Å². The van der Waals surface area contributed by atoms with Crippen molar-refractivity contribution in [3.8, 4) is 6.07 Å². The quantitative estimate of drug-likeness (QED) is 0.524. The van der Waals surface area contributed by atoms with E-state index in [-0.39, 0.29) is 36.3 Å². The summed E-state index contributed by atoms with van der Waals surface area (Å²) in [6, 6.07) is 8.11. The fourth-order valence-corrected chi connectivity index (χ4v) is 5.36. The maximum atomic E-state index is 13.5. The van der Waals surface area contributed by atoms with E-state index in [2.05, 4.69) is 11.2 Å². The number of aromatic nitrogens is 2. The highest BCUT2D eigenvalue weighted by Crippen LogP contribution is 2.39. The average molecular weight is 502 g/mol. The summed E-state index contributed by atoms with van der Waals surface area (Å²) in [5.41, 5.74) is 0.853. The van der Waals surface area contributed by atoms with Gasteiger partial charge in [0.05, 0.1) is 17.7 Å². The van der Waals surface area contributed by atoms with Crippen molar-refractivity contribution in [1.29, 1.82) is 5.26 Å². The molecule has 35 heavy (non-hydrogen) atoms. The average Bonchev–Trinajstić information content (AvgIpc) is 3.37. The Balaban J connectivity index is 2.03. The molecule has 1 aromatic heterocycles. The van der Waals surface area contributed by atoms with Crippen molar-refractivity contribution in [3.05, 3.63) is 46.9 Å². The van der Waals surface area contributed by atoms with Crippen LogP contribution in [-0.4, -0.2) is 71.9 Å². The van der Waals surface area contributed by atoms with Gasteiger partial charge in [-0.2, -0.15) is 15.0 Å². The zero-order valence-electron chi connectivity index (χ0n) is 21.0. The molecule has 3 rings (SSSR count). The van der Waals surface area contributed by atoms with Gasteiger partial charge in [0.15, 0.2) is 0 Å². The SMILES string of the molecule is COCC(C)(C)C(=O)n1nc(C2CCN(C(=O)N(C)C)C2C)c(C#N)c1SCc1ccc(F)cc1. The minimum absolute atomic E-state index is 0.0962. The molecule has 2 unspecified atom stereocenters. The van der Waals surface area contributed by atoms with E-state index in [0.29, 0.717) is 35.0 Å². The Bertz CT molecular complexity index is 1120. The molecule has 1 saturated heterocycles. The van der Waals surface area contributed by atoms with E-state index in [1.54, 1.807) is 45.0 Å². The topological polar surface area (TPSA) is 91.5 Å². The molecule has 2 amide bonds. The Morgan fingerprint density at radius 1 is 1.31 bits per heavy atom. The van der Waals surface area contributed by atoms with Crippen LogP contribution < -0.4 is 0 Å². The maximum absolute atomic E-state index is 13.5. The van der Waals surface area contributed by atoms with Crippen molar-refractivity contribution in [1.82, 2.24) is 19.6 Å². The number of nitrogens with zero attached hydrogens (tertiary/aromatic N) is 5. The molecule has 2 heterocycles. The highest BCUT2D eigenvalue weighted by atomic mass is 32.2. The van der Waals surface area contributed by atoms with Gasteiger partial charge >= 0.3 is 6.03 Å². The van der Waals surface area contributed by atoms with E-state index in [1.807, 2.05) is 6.92 Å². The lowest BCUT2D eigenvalue weighted by atomic mass is 9.94. The summed E-state index contributed by atoms with van der Waals surface area (Å²) >= 11 is 1.32. The Morgan fingerprint density at radius 2 is 1.97 bits per heavy atom. The molecule has 1 fully saturated rings. The Hall–Kier alpha value is -2.90. The predicted octanol–water partition coefficient (Wildman–Crippen LogP) is 4.36. The predicted molar refractivity (Wildman–Crippen MR) is 132 cm³/mol. The van der Waals surface area contributed by atoms with Crippen LogP contribution in [0.5, 0.6) is 0 Å². The largest absolute Gasteiger partial charge is 0.384 e. The van der Waals surface area contributed by atoms with Gasteiger partial charge in [-0.1, -0.05) is 12.1 Å². The highest BCUT2D eigenvalue weighted by Gasteiger charge is 2.41. The molecule has 1 aliphatic rings. The van der Waals surface area contributed by atoms with Gasteiger partial charge in [0.1, 0.15) is 22.5 Å². The number of rotatable bonds is 7. The zero-order valence-corrected chi connectivity index (χ0v) is 21.9. The summed E-state index contributed by atoms with van der Waals surface area (Å²) in [5, 5.41) is 15.3. The summed E-state index contributed by atoms with van der Waals surface area (Å²) in [6.45, 7) is 6.23. The number of benzene rings is 1. The summed E-state index contributed by atoms with van der Waals surface area (Å²) in [5.74, 6) is -0.356. The Labute approximate surface area is 210 Å². The molecule has 1 aliphatic heterocycles. The molecule has 0 radical (unpaired) electrons. The standard InChI is InChI=1S/C25H32FN5O3S/c1-16-19(11-12-30(16)24(33)29(4)5)21-20(13-27)22(35-14-17-7-9-18(26)10-8-17)31(28-21)23(32)25(2,3)15-34-6/h7-10,16,19H,11-12,14-15H2,1-6H3. The molecule has 10 heteroatoms. The number of carbonyl (C=O) groups is 2. The van der Waals surface area contributed by atoms with Crippen molar-refractivity contribution in [2.45, 2.75) is 49.9 Å². The van der Waals surface area contributed by atoms with Crippen LogP contribution in [0.4, 0.5) is 9.18 Å². The van der Waals surface area contributed by atoms with Crippen molar-refractivity contribution in [2.75, 3.05) is 34.4 Å². The van der Waals surface area contributed by atoms with Gasteiger partial charge < -0.3 is 14.5 Å². The zero-order chi connectivity index (χ0) is 25.9. The fourth-order valence-electron chi connectivity index (χ4n) is 4.33. The van der Waals surface area contributed by atoms with Crippen molar-refractivity contribution < 1.29 is 18.7 Å². The number of thioether (sulfide) groups is 1. The lowest BCUT2D eigenvalue weighted by Crippen LogP contribution is -2.42. The number of hydrogen-bond donors (Lipinski definition) is 0. The summed E-state index contributed by atoms with van der Waals surface area (Å²) in [4.78, 5) is 29.5. The number of likely N-dealkylation sites (tertiary alicyclic amines) is 1. The summed E-state index contributed by atoms with van der Waals surface area (Å²) in [7, 11) is 4.95. The molecule has 2 atom stereocenters. The molecular weight excluding hydrogens is 469 g/mol. The van der Waals surface area contributed by atoms with Gasteiger partial charge in [0, 0.05) is 45.5 Å². The van der Waals surface area contributed by atoms with Gasteiger partial charge in [0.25, 0.3) is 5.91 Å². The van der Waals surface area contributed by atoms with E-state index < -0.39 is 5.41 Å². The first-order valence-corrected chi connectivity index (χ1v) is 12.4. The van der Waals surface area contributed by atoms with Crippen LogP contribution in [-0.2, 0) is 10.5 Å². The van der Waals surface area contributed by atoms with Crippen molar-refractivity contribution in [3.63, 3.8) is 0 Å². The lowest BCUT2D eigenvalue weighted by Gasteiger charge is -2.27. The maximum Gasteiger partial charge on any atom is 0.319 e. The van der Waals surface area contributed by atoms with E-state index >= 15 is 0 Å². The van der Waals surface area contributed by atoms with Gasteiger partial charge in [-0.25, -0.2) is 9.18 Å². The molecule has 1 aromatic carbocycles. The number of urea groups is 1.